The molecular formula is C14H11IO. The molecule has 0 atom stereocenters. The number of carbonyl (C=O) groups is 1. The minimum atomic E-state index is 0.0941. The maximum atomic E-state index is 12.2. The molecule has 0 N–H and O–H groups in total. The topological polar surface area (TPSA) is 17.1 Å². The first-order chi connectivity index (χ1) is 7.68. The summed E-state index contributed by atoms with van der Waals surface area (Å²) >= 11 is 2.21. The number of benzene rings is 2. The molecule has 0 amide bonds. The van der Waals surface area contributed by atoms with Crippen molar-refractivity contribution >= 4 is 28.4 Å². The number of hydrogen-bond acceptors (Lipinski definition) is 1. The summed E-state index contributed by atoms with van der Waals surface area (Å²) in [6.07, 6.45) is 0. The molecule has 0 radical (unpaired) electrons. The van der Waals surface area contributed by atoms with Gasteiger partial charge in [-0.05, 0) is 47.2 Å². The van der Waals surface area contributed by atoms with E-state index in [1.807, 2.05) is 55.5 Å². The molecule has 80 valence electrons. The average molecular weight is 322 g/mol. The Morgan fingerprint density at radius 1 is 1.06 bits per heavy atom. The molecule has 2 aromatic rings. The predicted octanol–water partition coefficient (Wildman–Crippen LogP) is 3.83. The fraction of sp³-hybridized carbons (Fsp3) is 0.0714. The Morgan fingerprint density at radius 2 is 1.81 bits per heavy atom. The van der Waals surface area contributed by atoms with Gasteiger partial charge in [0.25, 0.3) is 0 Å². The van der Waals surface area contributed by atoms with Gasteiger partial charge < -0.3 is 0 Å². The first kappa shape index (κ1) is 11.3. The van der Waals surface area contributed by atoms with Gasteiger partial charge in [-0.15, -0.1) is 0 Å². The standard InChI is InChI=1S/C14H11IO/c1-10-5-2-3-8-13(10)14(16)11-6-4-7-12(15)9-11/h2-9H,1H3. The molecule has 0 heterocycles. The molecule has 1 nitrogen and oxygen atoms in total. The van der Waals surface area contributed by atoms with Gasteiger partial charge in [-0.1, -0.05) is 36.4 Å². The van der Waals surface area contributed by atoms with Crippen LogP contribution in [0.5, 0.6) is 0 Å². The van der Waals surface area contributed by atoms with Gasteiger partial charge in [-0.3, -0.25) is 4.79 Å². The highest BCUT2D eigenvalue weighted by Crippen LogP contribution is 2.15. The maximum absolute atomic E-state index is 12.2. The summed E-state index contributed by atoms with van der Waals surface area (Å²) in [5.74, 6) is 0.0941. The largest absolute Gasteiger partial charge is 0.289 e. The molecule has 0 aliphatic carbocycles. The Labute approximate surface area is 109 Å². The van der Waals surface area contributed by atoms with Crippen LogP contribution in [-0.4, -0.2) is 5.78 Å². The Balaban J connectivity index is 2.44. The molecule has 0 aliphatic heterocycles. The van der Waals surface area contributed by atoms with Crippen molar-refractivity contribution in [1.29, 1.82) is 0 Å². The van der Waals surface area contributed by atoms with Crippen LogP contribution in [0.2, 0.25) is 0 Å². The second-order valence-corrected chi connectivity index (χ2v) is 4.90. The number of rotatable bonds is 2. The van der Waals surface area contributed by atoms with Crippen LogP contribution in [0.3, 0.4) is 0 Å². The van der Waals surface area contributed by atoms with Crippen LogP contribution in [0, 0.1) is 10.5 Å². The molecule has 0 aliphatic rings. The van der Waals surface area contributed by atoms with E-state index in [1.54, 1.807) is 0 Å². The lowest BCUT2D eigenvalue weighted by atomic mass is 9.99. The average Bonchev–Trinajstić information content (AvgIpc) is 2.29. The number of aryl methyl sites for hydroxylation is 1. The third-order valence-electron chi connectivity index (χ3n) is 2.48. The molecule has 0 saturated carbocycles. The van der Waals surface area contributed by atoms with Crippen LogP contribution in [0.4, 0.5) is 0 Å². The van der Waals surface area contributed by atoms with E-state index in [9.17, 15) is 4.79 Å². The zero-order chi connectivity index (χ0) is 11.5. The van der Waals surface area contributed by atoms with Crippen LogP contribution < -0.4 is 0 Å². The Bertz CT molecular complexity index is 532. The van der Waals surface area contributed by atoms with Crippen molar-refractivity contribution in [1.82, 2.24) is 0 Å². The molecule has 16 heavy (non-hydrogen) atoms. The minimum Gasteiger partial charge on any atom is -0.289 e. The third-order valence-corrected chi connectivity index (χ3v) is 3.15. The number of ketones is 1. The van der Waals surface area contributed by atoms with Crippen LogP contribution in [0.15, 0.2) is 48.5 Å². The summed E-state index contributed by atoms with van der Waals surface area (Å²) < 4.78 is 1.08. The van der Waals surface area contributed by atoms with Gasteiger partial charge in [0.15, 0.2) is 5.78 Å². The lowest BCUT2D eigenvalue weighted by Gasteiger charge is -2.04. The fourth-order valence-electron chi connectivity index (χ4n) is 1.61. The van der Waals surface area contributed by atoms with Gasteiger partial charge >= 0.3 is 0 Å². The monoisotopic (exact) mass is 322 g/mol. The molecule has 0 unspecified atom stereocenters. The normalized spacial score (nSPS) is 10.1. The Morgan fingerprint density at radius 3 is 2.50 bits per heavy atom. The molecule has 0 aromatic heterocycles. The highest BCUT2D eigenvalue weighted by atomic mass is 127. The predicted molar refractivity (Wildman–Crippen MR) is 73.8 cm³/mol. The van der Waals surface area contributed by atoms with Crippen molar-refractivity contribution < 1.29 is 4.79 Å². The SMILES string of the molecule is Cc1ccccc1C(=O)c1cccc(I)c1. The molecule has 0 bridgehead atoms. The lowest BCUT2D eigenvalue weighted by Crippen LogP contribution is -2.03. The van der Waals surface area contributed by atoms with Crippen molar-refractivity contribution in [2.45, 2.75) is 6.92 Å². The summed E-state index contributed by atoms with van der Waals surface area (Å²) in [5, 5.41) is 0. The van der Waals surface area contributed by atoms with E-state index in [0.29, 0.717) is 0 Å². The van der Waals surface area contributed by atoms with Crippen molar-refractivity contribution in [3.8, 4) is 0 Å². The Hall–Kier alpha value is -1.16. The van der Waals surface area contributed by atoms with Crippen molar-refractivity contribution in [2.75, 3.05) is 0 Å². The van der Waals surface area contributed by atoms with Crippen molar-refractivity contribution in [2.24, 2.45) is 0 Å². The van der Waals surface area contributed by atoms with Gasteiger partial charge in [-0.2, -0.15) is 0 Å². The molecule has 0 fully saturated rings. The van der Waals surface area contributed by atoms with E-state index in [4.69, 9.17) is 0 Å². The van der Waals surface area contributed by atoms with Crippen LogP contribution in [0.1, 0.15) is 21.5 Å². The van der Waals surface area contributed by atoms with Crippen molar-refractivity contribution in [3.63, 3.8) is 0 Å². The molecule has 2 aromatic carbocycles. The lowest BCUT2D eigenvalue weighted by molar-refractivity contribution is 0.103. The number of halogens is 1. The van der Waals surface area contributed by atoms with E-state index < -0.39 is 0 Å². The highest BCUT2D eigenvalue weighted by molar-refractivity contribution is 14.1. The highest BCUT2D eigenvalue weighted by Gasteiger charge is 2.10. The van der Waals surface area contributed by atoms with E-state index >= 15 is 0 Å². The molecule has 0 spiro atoms. The second kappa shape index (κ2) is 4.78. The minimum absolute atomic E-state index is 0.0941. The van der Waals surface area contributed by atoms with Crippen LogP contribution in [-0.2, 0) is 0 Å². The number of carbonyl (C=O) groups excluding carboxylic acids is 1. The summed E-state index contributed by atoms with van der Waals surface area (Å²) in [5.41, 5.74) is 2.55. The zero-order valence-electron chi connectivity index (χ0n) is 8.91. The first-order valence-electron chi connectivity index (χ1n) is 5.04. The van der Waals surface area contributed by atoms with E-state index in [2.05, 4.69) is 22.6 Å². The second-order valence-electron chi connectivity index (χ2n) is 3.65. The number of hydrogen-bond donors (Lipinski definition) is 0. The first-order valence-corrected chi connectivity index (χ1v) is 6.12. The molecule has 0 saturated heterocycles. The maximum Gasteiger partial charge on any atom is 0.193 e. The molecular weight excluding hydrogens is 311 g/mol. The van der Waals surface area contributed by atoms with Gasteiger partial charge in [0.05, 0.1) is 0 Å². The van der Waals surface area contributed by atoms with E-state index in [-0.39, 0.29) is 5.78 Å². The molecule has 2 heteroatoms. The smallest absolute Gasteiger partial charge is 0.193 e. The summed E-state index contributed by atoms with van der Waals surface area (Å²) in [7, 11) is 0. The van der Waals surface area contributed by atoms with Gasteiger partial charge in [0.1, 0.15) is 0 Å². The van der Waals surface area contributed by atoms with Gasteiger partial charge in [0, 0.05) is 14.7 Å². The molecule has 2 rings (SSSR count). The van der Waals surface area contributed by atoms with Crippen molar-refractivity contribution in [3.05, 3.63) is 68.8 Å². The van der Waals surface area contributed by atoms with E-state index in [1.165, 1.54) is 0 Å². The van der Waals surface area contributed by atoms with Gasteiger partial charge in [-0.25, -0.2) is 0 Å². The van der Waals surface area contributed by atoms with Crippen LogP contribution in [0.25, 0.3) is 0 Å². The van der Waals surface area contributed by atoms with Crippen LogP contribution >= 0.6 is 22.6 Å². The van der Waals surface area contributed by atoms with E-state index in [0.717, 1.165) is 20.3 Å². The summed E-state index contributed by atoms with van der Waals surface area (Å²) in [6.45, 7) is 1.96. The third kappa shape index (κ3) is 2.32. The quantitative estimate of drug-likeness (QED) is 0.607. The van der Waals surface area contributed by atoms with Gasteiger partial charge in [0.2, 0.25) is 0 Å². The zero-order valence-corrected chi connectivity index (χ0v) is 11.1. The Kier molecular flexibility index (Phi) is 3.39. The summed E-state index contributed by atoms with van der Waals surface area (Å²) in [6, 6.07) is 15.3. The summed E-state index contributed by atoms with van der Waals surface area (Å²) in [4.78, 5) is 12.2. The fourth-order valence-corrected chi connectivity index (χ4v) is 2.16.